The summed E-state index contributed by atoms with van der Waals surface area (Å²) in [7, 11) is 1.92. The molecule has 1 aromatic carbocycles. The second kappa shape index (κ2) is 5.54. The molecule has 0 spiro atoms. The van der Waals surface area contributed by atoms with Crippen molar-refractivity contribution in [1.82, 2.24) is 15.1 Å². The quantitative estimate of drug-likeness (QED) is 0.924. The van der Waals surface area contributed by atoms with Gasteiger partial charge >= 0.3 is 0 Å². The molecule has 0 radical (unpaired) electrons. The summed E-state index contributed by atoms with van der Waals surface area (Å²) in [6.07, 6.45) is 3.91. The number of rotatable bonds is 4. The van der Waals surface area contributed by atoms with Gasteiger partial charge in [0.05, 0.1) is 12.2 Å². The van der Waals surface area contributed by atoms with Crippen LogP contribution in [0.1, 0.15) is 24.1 Å². The van der Waals surface area contributed by atoms with E-state index in [1.54, 1.807) is 0 Å². The number of nitrogens with one attached hydrogen (secondary N) is 1. The molecule has 1 aromatic heterocycles. The fourth-order valence-electron chi connectivity index (χ4n) is 2.52. The number of aryl methyl sites for hydroxylation is 1. The monoisotopic (exact) mass is 273 g/mol. The predicted molar refractivity (Wildman–Crippen MR) is 76.2 cm³/mol. The summed E-state index contributed by atoms with van der Waals surface area (Å²) in [4.78, 5) is 0. The van der Waals surface area contributed by atoms with E-state index in [1.165, 1.54) is 0 Å². The second-order valence-corrected chi connectivity index (χ2v) is 4.81. The highest BCUT2D eigenvalue weighted by Crippen LogP contribution is 2.38. The van der Waals surface area contributed by atoms with Crippen molar-refractivity contribution in [3.8, 4) is 11.5 Å². The molecule has 20 heavy (non-hydrogen) atoms. The summed E-state index contributed by atoms with van der Waals surface area (Å²) in [5.74, 6) is 1.66. The SMILES string of the molecule is CCNC(c1cnn(C)c1)c1cccc2c1OCCO2. The second-order valence-electron chi connectivity index (χ2n) is 4.81. The van der Waals surface area contributed by atoms with E-state index < -0.39 is 0 Å². The van der Waals surface area contributed by atoms with Gasteiger partial charge in [-0.25, -0.2) is 0 Å². The lowest BCUT2D eigenvalue weighted by atomic mass is 9.99. The Morgan fingerprint density at radius 3 is 2.95 bits per heavy atom. The van der Waals surface area contributed by atoms with Crippen LogP contribution in [-0.2, 0) is 7.05 Å². The maximum Gasteiger partial charge on any atom is 0.166 e. The average molecular weight is 273 g/mol. The third kappa shape index (κ3) is 2.36. The number of fused-ring (bicyclic) bond motifs is 1. The zero-order chi connectivity index (χ0) is 13.9. The first-order valence-corrected chi connectivity index (χ1v) is 6.90. The van der Waals surface area contributed by atoms with Gasteiger partial charge in [-0.3, -0.25) is 4.68 Å². The van der Waals surface area contributed by atoms with Crippen LogP contribution in [0.3, 0.4) is 0 Å². The van der Waals surface area contributed by atoms with Crippen molar-refractivity contribution in [3.63, 3.8) is 0 Å². The molecule has 1 atom stereocenters. The molecule has 0 saturated heterocycles. The molecule has 1 unspecified atom stereocenters. The van der Waals surface area contributed by atoms with Gasteiger partial charge in [0.1, 0.15) is 13.2 Å². The zero-order valence-electron chi connectivity index (χ0n) is 11.8. The molecule has 0 saturated carbocycles. The van der Waals surface area contributed by atoms with Gasteiger partial charge < -0.3 is 14.8 Å². The minimum Gasteiger partial charge on any atom is -0.486 e. The van der Waals surface area contributed by atoms with Crippen molar-refractivity contribution in [2.45, 2.75) is 13.0 Å². The van der Waals surface area contributed by atoms with Crippen molar-refractivity contribution in [3.05, 3.63) is 41.7 Å². The van der Waals surface area contributed by atoms with Gasteiger partial charge in [-0.1, -0.05) is 19.1 Å². The lowest BCUT2D eigenvalue weighted by Crippen LogP contribution is -2.24. The molecule has 1 aliphatic heterocycles. The molecule has 3 rings (SSSR count). The Kier molecular flexibility index (Phi) is 3.60. The van der Waals surface area contributed by atoms with E-state index in [0.717, 1.165) is 29.2 Å². The number of ether oxygens (including phenoxy) is 2. The first kappa shape index (κ1) is 13.0. The predicted octanol–water partition coefficient (Wildman–Crippen LogP) is 1.89. The summed E-state index contributed by atoms with van der Waals surface area (Å²) in [5, 5.41) is 7.75. The molecule has 0 amide bonds. The van der Waals surface area contributed by atoms with Gasteiger partial charge in [0.2, 0.25) is 0 Å². The lowest BCUT2D eigenvalue weighted by molar-refractivity contribution is 0.169. The minimum absolute atomic E-state index is 0.0605. The standard InChI is InChI=1S/C15H19N3O2/c1-3-16-14(11-9-17-18(2)10-11)12-5-4-6-13-15(12)20-8-7-19-13/h4-6,9-10,14,16H,3,7-8H2,1-2H3. The number of hydrogen-bond donors (Lipinski definition) is 1. The van der Waals surface area contributed by atoms with Crippen molar-refractivity contribution >= 4 is 0 Å². The zero-order valence-corrected chi connectivity index (χ0v) is 11.8. The number of nitrogens with zero attached hydrogens (tertiary/aromatic N) is 2. The number of hydrogen-bond acceptors (Lipinski definition) is 4. The normalized spacial score (nSPS) is 15.1. The fraction of sp³-hybridized carbons (Fsp3) is 0.400. The molecular formula is C15H19N3O2. The van der Waals surface area contributed by atoms with Crippen LogP contribution in [0.25, 0.3) is 0 Å². The van der Waals surface area contributed by atoms with Crippen molar-refractivity contribution in [1.29, 1.82) is 0 Å². The van der Waals surface area contributed by atoms with Crippen LogP contribution in [0, 0.1) is 0 Å². The third-order valence-corrected chi connectivity index (χ3v) is 3.37. The van der Waals surface area contributed by atoms with Gasteiger partial charge in [0.25, 0.3) is 0 Å². The Morgan fingerprint density at radius 1 is 1.35 bits per heavy atom. The molecule has 0 bridgehead atoms. The Hall–Kier alpha value is -2.01. The largest absolute Gasteiger partial charge is 0.486 e. The summed E-state index contributed by atoms with van der Waals surface area (Å²) in [5.41, 5.74) is 2.22. The van der Waals surface area contributed by atoms with E-state index in [2.05, 4.69) is 23.4 Å². The van der Waals surface area contributed by atoms with Gasteiger partial charge in [0, 0.05) is 24.4 Å². The molecule has 5 nitrogen and oxygen atoms in total. The van der Waals surface area contributed by atoms with Gasteiger partial charge in [-0.05, 0) is 12.6 Å². The van der Waals surface area contributed by atoms with Crippen molar-refractivity contribution in [2.24, 2.45) is 7.05 Å². The Morgan fingerprint density at radius 2 is 2.20 bits per heavy atom. The fourth-order valence-corrected chi connectivity index (χ4v) is 2.52. The molecule has 2 heterocycles. The van der Waals surface area contributed by atoms with Crippen LogP contribution >= 0.6 is 0 Å². The molecule has 2 aromatic rings. The van der Waals surface area contributed by atoms with E-state index in [4.69, 9.17) is 9.47 Å². The first-order valence-electron chi connectivity index (χ1n) is 6.90. The highest BCUT2D eigenvalue weighted by molar-refractivity contribution is 5.51. The van der Waals surface area contributed by atoms with Gasteiger partial charge in [-0.15, -0.1) is 0 Å². The Bertz CT molecular complexity index is 595. The van der Waals surface area contributed by atoms with Crippen LogP contribution in [0.4, 0.5) is 0 Å². The maximum absolute atomic E-state index is 5.82. The number of aromatic nitrogens is 2. The Labute approximate surface area is 118 Å². The lowest BCUT2D eigenvalue weighted by Gasteiger charge is -2.25. The highest BCUT2D eigenvalue weighted by Gasteiger charge is 2.23. The van der Waals surface area contributed by atoms with E-state index >= 15 is 0 Å². The van der Waals surface area contributed by atoms with Crippen LogP contribution in [0.15, 0.2) is 30.6 Å². The third-order valence-electron chi connectivity index (χ3n) is 3.37. The van der Waals surface area contributed by atoms with Crippen molar-refractivity contribution in [2.75, 3.05) is 19.8 Å². The van der Waals surface area contributed by atoms with Crippen LogP contribution in [-0.4, -0.2) is 29.5 Å². The minimum atomic E-state index is 0.0605. The summed E-state index contributed by atoms with van der Waals surface area (Å²) >= 11 is 0. The molecule has 5 heteroatoms. The first-order chi connectivity index (χ1) is 9.79. The maximum atomic E-state index is 5.82. The average Bonchev–Trinajstić information content (AvgIpc) is 2.91. The van der Waals surface area contributed by atoms with E-state index in [9.17, 15) is 0 Å². The smallest absolute Gasteiger partial charge is 0.166 e. The summed E-state index contributed by atoms with van der Waals surface area (Å²) < 4.78 is 13.3. The number of para-hydroxylation sites is 1. The Balaban J connectivity index is 2.03. The van der Waals surface area contributed by atoms with E-state index in [1.807, 2.05) is 36.3 Å². The molecule has 0 fully saturated rings. The molecule has 106 valence electrons. The van der Waals surface area contributed by atoms with Crippen LogP contribution in [0.5, 0.6) is 11.5 Å². The molecular weight excluding hydrogens is 254 g/mol. The molecule has 1 aliphatic rings. The molecule has 1 N–H and O–H groups in total. The molecule has 0 aliphatic carbocycles. The van der Waals surface area contributed by atoms with Crippen LogP contribution < -0.4 is 14.8 Å². The topological polar surface area (TPSA) is 48.3 Å². The van der Waals surface area contributed by atoms with Gasteiger partial charge in [0.15, 0.2) is 11.5 Å². The van der Waals surface area contributed by atoms with Gasteiger partial charge in [-0.2, -0.15) is 5.10 Å². The highest BCUT2D eigenvalue weighted by atomic mass is 16.6. The van der Waals surface area contributed by atoms with E-state index in [-0.39, 0.29) is 6.04 Å². The summed E-state index contributed by atoms with van der Waals surface area (Å²) in [6, 6.07) is 6.09. The van der Waals surface area contributed by atoms with Crippen LogP contribution in [0.2, 0.25) is 0 Å². The number of benzene rings is 1. The summed E-state index contributed by atoms with van der Waals surface area (Å²) in [6.45, 7) is 4.16. The van der Waals surface area contributed by atoms with E-state index in [0.29, 0.717) is 13.2 Å². The van der Waals surface area contributed by atoms with Crippen molar-refractivity contribution < 1.29 is 9.47 Å².